The number of sulfonamides is 1. The van der Waals surface area contributed by atoms with Crippen LogP contribution in [-0.2, 0) is 14.8 Å². The standard InChI is InChI=1S/C15H19NO4S/c1-12-5-6-14(4-3-8-17)10-15(12)21(18,19)16-7-9-20-13(2)11-16/h5-6,10,13,17H,7-9,11H2,1-2H3. The summed E-state index contributed by atoms with van der Waals surface area (Å²) in [5.74, 6) is 5.26. The van der Waals surface area contributed by atoms with Crippen molar-refractivity contribution in [1.29, 1.82) is 0 Å². The molecule has 1 N–H and O–H groups in total. The van der Waals surface area contributed by atoms with Gasteiger partial charge in [0.05, 0.1) is 17.6 Å². The van der Waals surface area contributed by atoms with Gasteiger partial charge in [0.1, 0.15) is 6.61 Å². The first kappa shape index (κ1) is 16.0. The molecule has 0 aromatic heterocycles. The number of aliphatic hydroxyl groups excluding tert-OH is 1. The van der Waals surface area contributed by atoms with E-state index < -0.39 is 10.0 Å². The normalized spacial score (nSPS) is 19.9. The molecule has 21 heavy (non-hydrogen) atoms. The van der Waals surface area contributed by atoms with Gasteiger partial charge >= 0.3 is 0 Å². The quantitative estimate of drug-likeness (QED) is 0.819. The summed E-state index contributed by atoms with van der Waals surface area (Å²) >= 11 is 0. The molecule has 0 aliphatic carbocycles. The summed E-state index contributed by atoms with van der Waals surface area (Å²) in [6, 6.07) is 5.05. The van der Waals surface area contributed by atoms with Crippen LogP contribution in [0.5, 0.6) is 0 Å². The van der Waals surface area contributed by atoms with Crippen LogP contribution in [0, 0.1) is 18.8 Å². The van der Waals surface area contributed by atoms with Gasteiger partial charge in [-0.1, -0.05) is 17.9 Å². The van der Waals surface area contributed by atoms with E-state index in [-0.39, 0.29) is 17.6 Å². The second-order valence-corrected chi connectivity index (χ2v) is 6.89. The summed E-state index contributed by atoms with van der Waals surface area (Å²) in [5.41, 5.74) is 1.26. The van der Waals surface area contributed by atoms with E-state index in [1.807, 2.05) is 6.92 Å². The fraction of sp³-hybridized carbons (Fsp3) is 0.467. The van der Waals surface area contributed by atoms with Crippen LogP contribution in [0.2, 0.25) is 0 Å². The highest BCUT2D eigenvalue weighted by Gasteiger charge is 2.30. The molecular weight excluding hydrogens is 290 g/mol. The monoisotopic (exact) mass is 309 g/mol. The van der Waals surface area contributed by atoms with E-state index in [2.05, 4.69) is 11.8 Å². The number of rotatable bonds is 2. The molecule has 1 heterocycles. The second-order valence-electron chi connectivity index (χ2n) is 4.98. The molecule has 114 valence electrons. The van der Waals surface area contributed by atoms with E-state index in [0.717, 1.165) is 0 Å². The van der Waals surface area contributed by atoms with Gasteiger partial charge in [0.2, 0.25) is 10.0 Å². The van der Waals surface area contributed by atoms with E-state index in [1.165, 1.54) is 4.31 Å². The van der Waals surface area contributed by atoms with Crippen molar-refractivity contribution < 1.29 is 18.3 Å². The average molecular weight is 309 g/mol. The van der Waals surface area contributed by atoms with Crippen molar-refractivity contribution >= 4 is 10.0 Å². The third-order valence-corrected chi connectivity index (χ3v) is 5.33. The molecule has 1 fully saturated rings. The highest BCUT2D eigenvalue weighted by atomic mass is 32.2. The van der Waals surface area contributed by atoms with Crippen molar-refractivity contribution in [3.8, 4) is 11.8 Å². The molecule has 0 saturated carbocycles. The van der Waals surface area contributed by atoms with E-state index in [1.54, 1.807) is 25.1 Å². The van der Waals surface area contributed by atoms with Gasteiger partial charge in [-0.15, -0.1) is 0 Å². The van der Waals surface area contributed by atoms with Crippen molar-refractivity contribution in [1.82, 2.24) is 4.31 Å². The summed E-state index contributed by atoms with van der Waals surface area (Å²) in [7, 11) is -3.55. The number of hydrogen-bond acceptors (Lipinski definition) is 4. The van der Waals surface area contributed by atoms with Gasteiger partial charge in [-0.2, -0.15) is 4.31 Å². The Balaban J connectivity index is 2.39. The molecule has 1 aliphatic rings. The molecule has 0 radical (unpaired) electrons. The number of benzene rings is 1. The zero-order chi connectivity index (χ0) is 15.5. The SMILES string of the molecule is Cc1ccc(C#CCO)cc1S(=O)(=O)N1CCOC(C)C1. The molecule has 1 unspecified atom stereocenters. The van der Waals surface area contributed by atoms with Crippen LogP contribution in [0.15, 0.2) is 23.1 Å². The van der Waals surface area contributed by atoms with Crippen LogP contribution in [-0.4, -0.2) is 50.2 Å². The minimum atomic E-state index is -3.55. The molecule has 6 heteroatoms. The highest BCUT2D eigenvalue weighted by Crippen LogP contribution is 2.23. The molecule has 1 aliphatic heterocycles. The second kappa shape index (κ2) is 6.58. The Kier molecular flexibility index (Phi) is 5.01. The average Bonchev–Trinajstić information content (AvgIpc) is 2.46. The lowest BCUT2D eigenvalue weighted by Crippen LogP contribution is -2.44. The summed E-state index contributed by atoms with van der Waals surface area (Å²) in [6.45, 7) is 4.49. The molecule has 2 rings (SSSR count). The van der Waals surface area contributed by atoms with Crippen LogP contribution in [0.1, 0.15) is 18.1 Å². The van der Waals surface area contributed by atoms with Crippen LogP contribution in [0.4, 0.5) is 0 Å². The number of aryl methyl sites for hydroxylation is 1. The summed E-state index contributed by atoms with van der Waals surface area (Å²) < 4.78 is 32.3. The van der Waals surface area contributed by atoms with Gasteiger partial charge in [-0.3, -0.25) is 0 Å². The molecular formula is C15H19NO4S. The topological polar surface area (TPSA) is 66.8 Å². The maximum absolute atomic E-state index is 12.8. The van der Waals surface area contributed by atoms with Crippen molar-refractivity contribution in [2.45, 2.75) is 24.8 Å². The maximum atomic E-state index is 12.8. The van der Waals surface area contributed by atoms with Crippen LogP contribution >= 0.6 is 0 Å². The molecule has 1 aromatic rings. The largest absolute Gasteiger partial charge is 0.384 e. The molecule has 5 nitrogen and oxygen atoms in total. The van der Waals surface area contributed by atoms with Crippen molar-refractivity contribution in [3.05, 3.63) is 29.3 Å². The minimum Gasteiger partial charge on any atom is -0.384 e. The number of nitrogens with zero attached hydrogens (tertiary/aromatic N) is 1. The Morgan fingerprint density at radius 1 is 1.48 bits per heavy atom. The van der Waals surface area contributed by atoms with Gasteiger partial charge in [-0.05, 0) is 31.5 Å². The number of morpholine rings is 1. The number of ether oxygens (including phenoxy) is 1. The third kappa shape index (κ3) is 3.63. The number of aliphatic hydroxyl groups is 1. The fourth-order valence-corrected chi connectivity index (χ4v) is 3.99. The number of hydrogen-bond donors (Lipinski definition) is 1. The van der Waals surface area contributed by atoms with Gasteiger partial charge in [0, 0.05) is 18.7 Å². The van der Waals surface area contributed by atoms with E-state index >= 15 is 0 Å². The van der Waals surface area contributed by atoms with Crippen LogP contribution in [0.25, 0.3) is 0 Å². The fourth-order valence-electron chi connectivity index (χ4n) is 2.24. The lowest BCUT2D eigenvalue weighted by molar-refractivity contribution is 0.0102. The predicted molar refractivity (Wildman–Crippen MR) is 79.3 cm³/mol. The summed E-state index contributed by atoms with van der Waals surface area (Å²) in [6.07, 6.45) is -0.105. The van der Waals surface area contributed by atoms with Crippen molar-refractivity contribution in [2.75, 3.05) is 26.3 Å². The summed E-state index contributed by atoms with van der Waals surface area (Å²) in [5, 5.41) is 8.73. The zero-order valence-electron chi connectivity index (χ0n) is 12.2. The third-order valence-electron chi connectivity index (χ3n) is 3.32. The smallest absolute Gasteiger partial charge is 0.243 e. The molecule has 1 aromatic carbocycles. The van der Waals surface area contributed by atoms with Gasteiger partial charge in [0.15, 0.2) is 0 Å². The maximum Gasteiger partial charge on any atom is 0.243 e. The molecule has 0 bridgehead atoms. The Hall–Kier alpha value is -1.39. The first-order valence-corrected chi connectivity index (χ1v) is 8.21. The Bertz CT molecular complexity index is 673. The predicted octanol–water partition coefficient (Wildman–Crippen LogP) is 0.748. The highest BCUT2D eigenvalue weighted by molar-refractivity contribution is 7.89. The van der Waals surface area contributed by atoms with E-state index in [9.17, 15) is 8.42 Å². The lowest BCUT2D eigenvalue weighted by Gasteiger charge is -2.30. The first-order valence-electron chi connectivity index (χ1n) is 6.77. The lowest BCUT2D eigenvalue weighted by atomic mass is 10.1. The molecule has 1 saturated heterocycles. The molecule has 0 amide bonds. The van der Waals surface area contributed by atoms with Crippen molar-refractivity contribution in [3.63, 3.8) is 0 Å². The molecule has 1 atom stereocenters. The first-order chi connectivity index (χ1) is 9.95. The Morgan fingerprint density at radius 3 is 2.90 bits per heavy atom. The van der Waals surface area contributed by atoms with Crippen LogP contribution in [0.3, 0.4) is 0 Å². The zero-order valence-corrected chi connectivity index (χ0v) is 13.0. The summed E-state index contributed by atoms with van der Waals surface area (Å²) in [4.78, 5) is 0.265. The van der Waals surface area contributed by atoms with Crippen LogP contribution < -0.4 is 0 Å². The van der Waals surface area contributed by atoms with Gasteiger partial charge in [0.25, 0.3) is 0 Å². The Morgan fingerprint density at radius 2 is 2.24 bits per heavy atom. The Labute approximate surface area is 125 Å². The minimum absolute atomic E-state index is 0.105. The molecule has 0 spiro atoms. The van der Waals surface area contributed by atoms with E-state index in [0.29, 0.717) is 30.8 Å². The van der Waals surface area contributed by atoms with E-state index in [4.69, 9.17) is 9.84 Å². The van der Waals surface area contributed by atoms with Gasteiger partial charge < -0.3 is 9.84 Å². The van der Waals surface area contributed by atoms with Crippen molar-refractivity contribution in [2.24, 2.45) is 0 Å². The van der Waals surface area contributed by atoms with Gasteiger partial charge in [-0.25, -0.2) is 8.42 Å².